The third-order valence-corrected chi connectivity index (χ3v) is 3.94. The van der Waals surface area contributed by atoms with E-state index in [1.165, 1.54) is 12.1 Å². The van der Waals surface area contributed by atoms with Crippen LogP contribution in [0.5, 0.6) is 0 Å². The van der Waals surface area contributed by atoms with Crippen molar-refractivity contribution in [3.8, 4) is 0 Å². The predicted molar refractivity (Wildman–Crippen MR) is 68.7 cm³/mol. The molecule has 8 heteroatoms. The van der Waals surface area contributed by atoms with Gasteiger partial charge < -0.3 is 10.3 Å². The largest absolute Gasteiger partial charge is 0.398 e. The summed E-state index contributed by atoms with van der Waals surface area (Å²) in [6.07, 6.45) is 0. The van der Waals surface area contributed by atoms with E-state index in [0.717, 1.165) is 5.56 Å². The molecule has 1 aromatic heterocycles. The zero-order valence-corrected chi connectivity index (χ0v) is 11.4. The van der Waals surface area contributed by atoms with E-state index in [4.69, 9.17) is 10.3 Å². The highest BCUT2D eigenvalue weighted by molar-refractivity contribution is 7.89. The summed E-state index contributed by atoms with van der Waals surface area (Å²) in [6, 6.07) is 4.56. The molecular weight excluding hydrogens is 268 g/mol. The average molecular weight is 282 g/mol. The maximum absolute atomic E-state index is 12.0. The summed E-state index contributed by atoms with van der Waals surface area (Å²) in [7, 11) is -3.65. The Kier molecular flexibility index (Phi) is 3.54. The van der Waals surface area contributed by atoms with Crippen molar-refractivity contribution in [3.63, 3.8) is 0 Å². The first kappa shape index (κ1) is 13.5. The monoisotopic (exact) mass is 282 g/mol. The molecule has 0 unspecified atom stereocenters. The van der Waals surface area contributed by atoms with E-state index in [0.29, 0.717) is 11.5 Å². The number of anilines is 1. The van der Waals surface area contributed by atoms with Crippen molar-refractivity contribution in [2.45, 2.75) is 25.3 Å². The molecule has 1 heterocycles. The van der Waals surface area contributed by atoms with E-state index in [-0.39, 0.29) is 17.3 Å². The van der Waals surface area contributed by atoms with Gasteiger partial charge >= 0.3 is 0 Å². The molecule has 2 rings (SSSR count). The van der Waals surface area contributed by atoms with Gasteiger partial charge in [-0.05, 0) is 31.5 Å². The number of nitrogens with one attached hydrogen (secondary N) is 1. The molecule has 102 valence electrons. The van der Waals surface area contributed by atoms with Gasteiger partial charge in [0.25, 0.3) is 0 Å². The van der Waals surface area contributed by atoms with Gasteiger partial charge in [-0.2, -0.15) is 4.98 Å². The van der Waals surface area contributed by atoms with Crippen LogP contribution in [0.1, 0.15) is 17.3 Å². The quantitative estimate of drug-likeness (QED) is 0.800. The van der Waals surface area contributed by atoms with Crippen LogP contribution < -0.4 is 10.5 Å². The summed E-state index contributed by atoms with van der Waals surface area (Å²) in [6.45, 7) is 3.40. The number of rotatable bonds is 4. The van der Waals surface area contributed by atoms with Crippen molar-refractivity contribution in [3.05, 3.63) is 35.5 Å². The van der Waals surface area contributed by atoms with Crippen molar-refractivity contribution >= 4 is 15.7 Å². The Hall–Kier alpha value is -1.93. The van der Waals surface area contributed by atoms with Crippen LogP contribution in [-0.2, 0) is 16.6 Å². The normalized spacial score (nSPS) is 11.7. The van der Waals surface area contributed by atoms with Crippen molar-refractivity contribution < 1.29 is 12.9 Å². The molecule has 0 bridgehead atoms. The standard InChI is InChI=1S/C11H14N4O3S/c1-7-3-4-9(5-10(7)12)19(16,17)13-6-11-14-8(2)15-18-11/h3-5,13H,6,12H2,1-2H3. The Morgan fingerprint density at radius 1 is 1.37 bits per heavy atom. The molecule has 2 aromatic rings. The molecule has 7 nitrogen and oxygen atoms in total. The highest BCUT2D eigenvalue weighted by Gasteiger charge is 2.16. The molecule has 3 N–H and O–H groups in total. The molecule has 0 aliphatic rings. The first-order valence-electron chi connectivity index (χ1n) is 5.53. The Morgan fingerprint density at radius 3 is 2.68 bits per heavy atom. The Bertz CT molecular complexity index is 694. The van der Waals surface area contributed by atoms with Crippen molar-refractivity contribution in [2.24, 2.45) is 0 Å². The lowest BCUT2D eigenvalue weighted by molar-refractivity contribution is 0.372. The zero-order chi connectivity index (χ0) is 14.0. The molecule has 0 atom stereocenters. The minimum atomic E-state index is -3.65. The molecule has 0 saturated carbocycles. The van der Waals surface area contributed by atoms with E-state index in [1.54, 1.807) is 19.9 Å². The minimum Gasteiger partial charge on any atom is -0.398 e. The van der Waals surface area contributed by atoms with Crippen molar-refractivity contribution in [1.82, 2.24) is 14.9 Å². The molecular formula is C11H14N4O3S. The maximum Gasteiger partial charge on any atom is 0.241 e. The van der Waals surface area contributed by atoms with Gasteiger partial charge in [0.05, 0.1) is 11.4 Å². The van der Waals surface area contributed by atoms with Gasteiger partial charge in [-0.15, -0.1) is 0 Å². The van der Waals surface area contributed by atoms with E-state index in [1.807, 2.05) is 0 Å². The molecule has 0 fully saturated rings. The van der Waals surface area contributed by atoms with Gasteiger partial charge in [-0.25, -0.2) is 13.1 Å². The molecule has 19 heavy (non-hydrogen) atoms. The van der Waals surface area contributed by atoms with Crippen LogP contribution in [0, 0.1) is 13.8 Å². The summed E-state index contributed by atoms with van der Waals surface area (Å²) in [4.78, 5) is 4.01. The van der Waals surface area contributed by atoms with Crippen molar-refractivity contribution in [2.75, 3.05) is 5.73 Å². The number of aromatic nitrogens is 2. The zero-order valence-electron chi connectivity index (χ0n) is 10.5. The molecule has 0 saturated heterocycles. The summed E-state index contributed by atoms with van der Waals surface area (Å²) >= 11 is 0. The van der Waals surface area contributed by atoms with Gasteiger partial charge in [-0.1, -0.05) is 11.2 Å². The summed E-state index contributed by atoms with van der Waals surface area (Å²) in [5.74, 6) is 0.662. The van der Waals surface area contributed by atoms with Crippen LogP contribution in [0.25, 0.3) is 0 Å². The number of hydrogen-bond donors (Lipinski definition) is 2. The number of hydrogen-bond acceptors (Lipinski definition) is 6. The van der Waals surface area contributed by atoms with Crippen LogP contribution in [-0.4, -0.2) is 18.6 Å². The number of aryl methyl sites for hydroxylation is 2. The molecule has 0 radical (unpaired) electrons. The van der Waals surface area contributed by atoms with Gasteiger partial charge in [0.2, 0.25) is 15.9 Å². The SMILES string of the molecule is Cc1noc(CNS(=O)(=O)c2ccc(C)c(N)c2)n1. The lowest BCUT2D eigenvalue weighted by Crippen LogP contribution is -2.23. The molecule has 0 aliphatic heterocycles. The third kappa shape index (κ3) is 3.09. The van der Waals surface area contributed by atoms with Crippen LogP contribution in [0.4, 0.5) is 5.69 Å². The Balaban J connectivity index is 2.16. The first-order chi connectivity index (χ1) is 8.88. The summed E-state index contributed by atoms with van der Waals surface area (Å²) in [5, 5.41) is 3.57. The fraction of sp³-hybridized carbons (Fsp3) is 0.273. The van der Waals surface area contributed by atoms with Gasteiger partial charge in [0.15, 0.2) is 5.82 Å². The van der Waals surface area contributed by atoms with Crippen LogP contribution in [0.3, 0.4) is 0 Å². The molecule has 1 aromatic carbocycles. The van der Waals surface area contributed by atoms with E-state index in [9.17, 15) is 8.42 Å². The smallest absolute Gasteiger partial charge is 0.241 e. The van der Waals surface area contributed by atoms with Crippen molar-refractivity contribution in [1.29, 1.82) is 0 Å². The van der Waals surface area contributed by atoms with E-state index in [2.05, 4.69) is 14.9 Å². The maximum atomic E-state index is 12.0. The first-order valence-corrected chi connectivity index (χ1v) is 7.02. The topological polar surface area (TPSA) is 111 Å². The highest BCUT2D eigenvalue weighted by atomic mass is 32.2. The van der Waals surface area contributed by atoms with Crippen LogP contribution >= 0.6 is 0 Å². The Labute approximate surface area is 110 Å². The van der Waals surface area contributed by atoms with Gasteiger partial charge in [0, 0.05) is 5.69 Å². The lowest BCUT2D eigenvalue weighted by atomic mass is 10.2. The number of nitrogens with zero attached hydrogens (tertiary/aromatic N) is 2. The molecule has 0 aliphatic carbocycles. The number of nitrogens with two attached hydrogens (primary N) is 1. The highest BCUT2D eigenvalue weighted by Crippen LogP contribution is 2.17. The molecule has 0 spiro atoms. The van der Waals surface area contributed by atoms with Crippen LogP contribution in [0.15, 0.2) is 27.6 Å². The predicted octanol–water partition coefficient (Wildman–Crippen LogP) is 0.747. The number of benzene rings is 1. The van der Waals surface area contributed by atoms with Gasteiger partial charge in [-0.3, -0.25) is 0 Å². The fourth-order valence-corrected chi connectivity index (χ4v) is 2.45. The lowest BCUT2D eigenvalue weighted by Gasteiger charge is -2.06. The van der Waals surface area contributed by atoms with E-state index < -0.39 is 10.0 Å². The summed E-state index contributed by atoms with van der Waals surface area (Å²) in [5.41, 5.74) is 6.95. The third-order valence-electron chi connectivity index (χ3n) is 2.54. The fourth-order valence-electron chi connectivity index (χ4n) is 1.44. The number of nitrogen functional groups attached to an aromatic ring is 1. The molecule has 0 amide bonds. The van der Waals surface area contributed by atoms with Crippen LogP contribution in [0.2, 0.25) is 0 Å². The minimum absolute atomic E-state index is 0.0586. The second-order valence-electron chi connectivity index (χ2n) is 4.08. The number of sulfonamides is 1. The van der Waals surface area contributed by atoms with E-state index >= 15 is 0 Å². The second-order valence-corrected chi connectivity index (χ2v) is 5.85. The van der Waals surface area contributed by atoms with Gasteiger partial charge in [0.1, 0.15) is 0 Å². The second kappa shape index (κ2) is 4.98. The Morgan fingerprint density at radius 2 is 2.11 bits per heavy atom. The average Bonchev–Trinajstić information content (AvgIpc) is 2.76. The summed E-state index contributed by atoms with van der Waals surface area (Å²) < 4.78 is 31.2.